The first-order valence-corrected chi connectivity index (χ1v) is 13.8. The van der Waals surface area contributed by atoms with Gasteiger partial charge in [-0.15, -0.1) is 0 Å². The minimum absolute atomic E-state index is 0.0305. The summed E-state index contributed by atoms with van der Waals surface area (Å²) in [7, 11) is 1.75. The molecule has 5 rings (SSSR count). The number of ether oxygens (including phenoxy) is 3. The first-order chi connectivity index (χ1) is 18.8. The Morgan fingerprint density at radius 2 is 2.10 bits per heavy atom. The monoisotopic (exact) mass is 538 g/mol. The van der Waals surface area contributed by atoms with Gasteiger partial charge < -0.3 is 28.5 Å². The lowest BCUT2D eigenvalue weighted by Crippen LogP contribution is -2.46. The van der Waals surface area contributed by atoms with Crippen molar-refractivity contribution in [2.45, 2.75) is 77.0 Å². The van der Waals surface area contributed by atoms with Crippen LogP contribution in [0.4, 0.5) is 0 Å². The van der Waals surface area contributed by atoms with Crippen molar-refractivity contribution in [2.75, 3.05) is 19.8 Å². The summed E-state index contributed by atoms with van der Waals surface area (Å²) in [6, 6.07) is 7.03. The van der Waals surface area contributed by atoms with Crippen molar-refractivity contribution in [3.8, 4) is 11.4 Å². The third-order valence-corrected chi connectivity index (χ3v) is 7.53. The molecule has 39 heavy (non-hydrogen) atoms. The number of hydrogen-bond acceptors (Lipinski definition) is 8. The number of pyridine rings is 1. The van der Waals surface area contributed by atoms with E-state index in [1.807, 2.05) is 31.3 Å². The molecule has 10 heteroatoms. The van der Waals surface area contributed by atoms with Gasteiger partial charge in [0.2, 0.25) is 0 Å². The Morgan fingerprint density at radius 3 is 2.79 bits per heavy atom. The molecule has 4 atom stereocenters. The minimum atomic E-state index is -0.919. The molecule has 3 aromatic rings. The van der Waals surface area contributed by atoms with Crippen molar-refractivity contribution in [1.82, 2.24) is 19.4 Å². The van der Waals surface area contributed by atoms with E-state index in [0.29, 0.717) is 38.3 Å². The molecule has 2 saturated heterocycles. The lowest BCUT2D eigenvalue weighted by molar-refractivity contribution is -0.154. The van der Waals surface area contributed by atoms with E-state index in [9.17, 15) is 14.7 Å². The molecule has 0 saturated carbocycles. The molecule has 2 unspecified atom stereocenters. The van der Waals surface area contributed by atoms with Crippen LogP contribution in [0.5, 0.6) is 0 Å². The molecule has 2 N–H and O–H groups in total. The number of carbonyl (C=O) groups excluding carboxylic acids is 1. The van der Waals surface area contributed by atoms with Gasteiger partial charge >= 0.3 is 5.97 Å². The van der Waals surface area contributed by atoms with Crippen molar-refractivity contribution in [1.29, 1.82) is 0 Å². The summed E-state index contributed by atoms with van der Waals surface area (Å²) >= 11 is 0. The number of rotatable bonds is 9. The molecule has 0 radical (unpaired) electrons. The van der Waals surface area contributed by atoms with Crippen LogP contribution >= 0.6 is 0 Å². The third-order valence-electron chi connectivity index (χ3n) is 7.53. The molecule has 0 aliphatic carbocycles. The van der Waals surface area contributed by atoms with Crippen molar-refractivity contribution >= 4 is 17.0 Å². The molecule has 2 aliphatic rings. The van der Waals surface area contributed by atoms with E-state index in [1.54, 1.807) is 18.5 Å². The van der Waals surface area contributed by atoms with Gasteiger partial charge in [-0.2, -0.15) is 0 Å². The molecule has 0 spiro atoms. The van der Waals surface area contributed by atoms with Crippen LogP contribution in [-0.2, 0) is 39.1 Å². The van der Waals surface area contributed by atoms with E-state index in [0.717, 1.165) is 53.9 Å². The number of benzene rings is 1. The summed E-state index contributed by atoms with van der Waals surface area (Å²) in [5.41, 5.74) is 4.23. The molecule has 2 aromatic heterocycles. The number of nitrogens with one attached hydrogen (secondary N) is 1. The lowest BCUT2D eigenvalue weighted by atomic mass is 10.1. The maximum absolute atomic E-state index is 12.7. The maximum atomic E-state index is 12.7. The number of imidazole rings is 1. The lowest BCUT2D eigenvalue weighted by Gasteiger charge is -2.24. The molecule has 1 aromatic carbocycles. The molecule has 4 heterocycles. The zero-order valence-corrected chi connectivity index (χ0v) is 22.9. The Morgan fingerprint density at radius 1 is 1.26 bits per heavy atom. The predicted octanol–water partition coefficient (Wildman–Crippen LogP) is 2.45. The van der Waals surface area contributed by atoms with Crippen molar-refractivity contribution in [3.63, 3.8) is 0 Å². The summed E-state index contributed by atoms with van der Waals surface area (Å²) in [5.74, 6) is 0.306. The van der Waals surface area contributed by atoms with Crippen molar-refractivity contribution in [2.24, 2.45) is 7.05 Å². The molecule has 210 valence electrons. The summed E-state index contributed by atoms with van der Waals surface area (Å²) in [5, 5.41) is 13.5. The number of aromatic nitrogens is 3. The average molecular weight is 539 g/mol. The van der Waals surface area contributed by atoms with Gasteiger partial charge in [0.15, 0.2) is 0 Å². The van der Waals surface area contributed by atoms with Gasteiger partial charge in [-0.1, -0.05) is 6.07 Å². The summed E-state index contributed by atoms with van der Waals surface area (Å²) in [6.07, 6.45) is 4.57. The predicted molar refractivity (Wildman–Crippen MR) is 146 cm³/mol. The van der Waals surface area contributed by atoms with Gasteiger partial charge in [-0.3, -0.25) is 14.9 Å². The quantitative estimate of drug-likeness (QED) is 0.399. The Balaban J connectivity index is 1.43. The highest BCUT2D eigenvalue weighted by atomic mass is 16.6. The first-order valence-electron chi connectivity index (χ1n) is 13.8. The summed E-state index contributed by atoms with van der Waals surface area (Å²) in [6.45, 7) is 6.12. The summed E-state index contributed by atoms with van der Waals surface area (Å²) in [4.78, 5) is 30.0. The Kier molecular flexibility index (Phi) is 8.46. The third kappa shape index (κ3) is 6.24. The zero-order valence-electron chi connectivity index (χ0n) is 22.9. The van der Waals surface area contributed by atoms with E-state index < -0.39 is 18.1 Å². The number of carbonyl (C=O) groups is 1. The van der Waals surface area contributed by atoms with Gasteiger partial charge in [0.25, 0.3) is 5.56 Å². The fraction of sp³-hybridized carbons (Fsp3) is 0.552. The number of nitrogens with zero attached hydrogens (tertiary/aromatic N) is 3. The van der Waals surface area contributed by atoms with Crippen LogP contribution in [0.25, 0.3) is 22.4 Å². The normalized spacial score (nSPS) is 21.2. The van der Waals surface area contributed by atoms with Crippen LogP contribution in [-0.4, -0.2) is 69.4 Å². The van der Waals surface area contributed by atoms with Gasteiger partial charge in [0, 0.05) is 43.9 Å². The topological polar surface area (TPSA) is 117 Å². The number of esters is 1. The van der Waals surface area contributed by atoms with Crippen LogP contribution in [0.2, 0.25) is 0 Å². The number of fused-ring (bicyclic) bond motifs is 1. The van der Waals surface area contributed by atoms with Crippen LogP contribution in [0.1, 0.15) is 43.7 Å². The molecular weight excluding hydrogens is 500 g/mol. The standard InChI is InChI=1S/C29H38N4O6/c1-18-12-21(15-32(3)28(18)35)27-31-24-8-7-20(13-25(24)33(27)16-22-6-4-5-10-38-22)14-30-26(19(2)34)29(36)39-23-9-11-37-17-23/h7-8,12-13,15,19,22-23,26,30,34H,4-6,9-11,14,16-17H2,1-3H3/t19-,22?,23+,26?/m1/s1. The summed E-state index contributed by atoms with van der Waals surface area (Å²) < 4.78 is 20.7. The molecule has 2 aliphatic heterocycles. The smallest absolute Gasteiger partial charge is 0.326 e. The van der Waals surface area contributed by atoms with Crippen molar-refractivity contribution in [3.05, 3.63) is 51.9 Å². The number of aliphatic hydroxyl groups excluding tert-OH is 1. The molecule has 10 nitrogen and oxygen atoms in total. The van der Waals surface area contributed by atoms with Crippen LogP contribution in [0.15, 0.2) is 35.3 Å². The number of hydrogen-bond donors (Lipinski definition) is 2. The zero-order chi connectivity index (χ0) is 27.5. The van der Waals surface area contributed by atoms with E-state index in [1.165, 1.54) is 0 Å². The van der Waals surface area contributed by atoms with Crippen LogP contribution in [0.3, 0.4) is 0 Å². The molecular formula is C29H38N4O6. The van der Waals surface area contributed by atoms with Crippen molar-refractivity contribution < 1.29 is 24.1 Å². The maximum Gasteiger partial charge on any atom is 0.326 e. The SMILES string of the molecule is Cc1cc(-c2nc3ccc(CNC(C(=O)O[C@H]4CCOC4)[C@@H](C)O)cc3n2CC2CCCCO2)cn(C)c1=O. The van der Waals surface area contributed by atoms with Crippen LogP contribution in [0, 0.1) is 6.92 Å². The second kappa shape index (κ2) is 12.0. The average Bonchev–Trinajstić information content (AvgIpc) is 3.55. The van der Waals surface area contributed by atoms with Gasteiger partial charge in [0.1, 0.15) is 18.0 Å². The Labute approximate surface area is 227 Å². The van der Waals surface area contributed by atoms with Crippen LogP contribution < -0.4 is 10.9 Å². The van der Waals surface area contributed by atoms with Gasteiger partial charge in [-0.25, -0.2) is 4.98 Å². The van der Waals surface area contributed by atoms with E-state index in [4.69, 9.17) is 19.2 Å². The Bertz CT molecular complexity index is 1340. The van der Waals surface area contributed by atoms with Gasteiger partial charge in [-0.05, 0) is 56.9 Å². The highest BCUT2D eigenvalue weighted by Gasteiger charge is 2.29. The highest BCUT2D eigenvalue weighted by Crippen LogP contribution is 2.28. The molecule has 0 bridgehead atoms. The second-order valence-corrected chi connectivity index (χ2v) is 10.7. The molecule has 2 fully saturated rings. The van der Waals surface area contributed by atoms with Gasteiger partial charge in [0.05, 0.1) is 43.0 Å². The van der Waals surface area contributed by atoms with E-state index >= 15 is 0 Å². The highest BCUT2D eigenvalue weighted by molar-refractivity contribution is 5.81. The largest absolute Gasteiger partial charge is 0.459 e. The fourth-order valence-electron chi connectivity index (χ4n) is 5.36. The number of aryl methyl sites for hydroxylation is 2. The second-order valence-electron chi connectivity index (χ2n) is 10.7. The minimum Gasteiger partial charge on any atom is -0.459 e. The fourth-order valence-corrected chi connectivity index (χ4v) is 5.36. The van der Waals surface area contributed by atoms with E-state index in [2.05, 4.69) is 16.0 Å². The molecule has 0 amide bonds. The van der Waals surface area contributed by atoms with E-state index in [-0.39, 0.29) is 17.8 Å². The first kappa shape index (κ1) is 27.5. The number of aliphatic hydroxyl groups is 1. The Hall–Kier alpha value is -3.05.